The van der Waals surface area contributed by atoms with Gasteiger partial charge >= 0.3 is 0 Å². The Labute approximate surface area is 220 Å². The van der Waals surface area contributed by atoms with Gasteiger partial charge in [0.15, 0.2) is 0 Å². The van der Waals surface area contributed by atoms with E-state index in [0.717, 1.165) is 27.6 Å². The Balaban J connectivity index is 1.49. The van der Waals surface area contributed by atoms with Crippen molar-refractivity contribution >= 4 is 45.9 Å². The van der Waals surface area contributed by atoms with Crippen LogP contribution in [-0.4, -0.2) is 41.8 Å². The minimum atomic E-state index is -1.13. The molecule has 1 fully saturated rings. The summed E-state index contributed by atoms with van der Waals surface area (Å²) in [5.74, 6) is -0.634. The first kappa shape index (κ1) is 24.4. The van der Waals surface area contributed by atoms with Gasteiger partial charge in [0.25, 0.3) is 0 Å². The summed E-state index contributed by atoms with van der Waals surface area (Å²) in [5, 5.41) is 5.27. The first-order valence-electron chi connectivity index (χ1n) is 12.0. The average molecular weight is 520 g/mol. The predicted molar refractivity (Wildman–Crippen MR) is 144 cm³/mol. The number of carbonyl (C=O) groups excluding carboxylic acids is 2. The van der Waals surface area contributed by atoms with Gasteiger partial charge in [0.1, 0.15) is 5.41 Å². The Kier molecular flexibility index (Phi) is 6.78. The van der Waals surface area contributed by atoms with E-state index in [1.807, 2.05) is 66.9 Å². The van der Waals surface area contributed by atoms with E-state index in [9.17, 15) is 9.59 Å². The summed E-state index contributed by atoms with van der Waals surface area (Å²) in [6.45, 7) is 0.837. The van der Waals surface area contributed by atoms with Gasteiger partial charge in [0, 0.05) is 53.2 Å². The molecular weight excluding hydrogens is 493 g/mol. The quantitative estimate of drug-likeness (QED) is 0.302. The molecule has 3 aromatic carbocycles. The molecule has 0 bridgehead atoms. The molecule has 2 heterocycles. The van der Waals surface area contributed by atoms with Crippen LogP contribution in [-0.2, 0) is 16.0 Å². The maximum atomic E-state index is 13.8. The van der Waals surface area contributed by atoms with Gasteiger partial charge in [-0.25, -0.2) is 0 Å². The Hall–Kier alpha value is -3.28. The summed E-state index contributed by atoms with van der Waals surface area (Å²) >= 11 is 12.8. The number of benzene rings is 3. The van der Waals surface area contributed by atoms with Crippen LogP contribution in [0.2, 0.25) is 10.0 Å². The van der Waals surface area contributed by atoms with Gasteiger partial charge in [0.2, 0.25) is 11.8 Å². The highest BCUT2D eigenvalue weighted by Crippen LogP contribution is 2.38. The van der Waals surface area contributed by atoms with Crippen molar-refractivity contribution < 1.29 is 9.59 Å². The van der Waals surface area contributed by atoms with Crippen LogP contribution in [0.1, 0.15) is 29.0 Å². The molecule has 7 heteroatoms. The Morgan fingerprint density at radius 1 is 1.06 bits per heavy atom. The van der Waals surface area contributed by atoms with Crippen LogP contribution < -0.4 is 5.32 Å². The number of rotatable bonds is 7. The van der Waals surface area contributed by atoms with Crippen molar-refractivity contribution in [3.63, 3.8) is 0 Å². The fourth-order valence-electron chi connectivity index (χ4n) is 5.25. The van der Waals surface area contributed by atoms with E-state index < -0.39 is 5.41 Å². The maximum Gasteiger partial charge on any atom is 0.238 e. The van der Waals surface area contributed by atoms with E-state index in [2.05, 4.69) is 10.3 Å². The van der Waals surface area contributed by atoms with Gasteiger partial charge < -0.3 is 15.2 Å². The number of hydrogen-bond donors (Lipinski definition) is 2. The number of H-pyrrole nitrogens is 1. The number of aromatic nitrogens is 1. The third-order valence-corrected chi connectivity index (χ3v) is 7.78. The van der Waals surface area contributed by atoms with E-state index in [0.29, 0.717) is 29.4 Å². The Morgan fingerprint density at radius 3 is 2.53 bits per heavy atom. The van der Waals surface area contributed by atoms with Crippen molar-refractivity contribution in [1.29, 1.82) is 0 Å². The van der Waals surface area contributed by atoms with E-state index >= 15 is 0 Å². The molecule has 2 amide bonds. The van der Waals surface area contributed by atoms with Crippen molar-refractivity contribution in [3.8, 4) is 0 Å². The van der Waals surface area contributed by atoms with Gasteiger partial charge in [-0.3, -0.25) is 9.59 Å². The number of nitrogens with zero attached hydrogens (tertiary/aromatic N) is 1. The zero-order valence-electron chi connectivity index (χ0n) is 19.9. The lowest BCUT2D eigenvalue weighted by Gasteiger charge is -2.28. The van der Waals surface area contributed by atoms with Gasteiger partial charge in [-0.2, -0.15) is 0 Å². The van der Waals surface area contributed by atoms with Crippen LogP contribution in [0.3, 0.4) is 0 Å². The summed E-state index contributed by atoms with van der Waals surface area (Å²) in [5.41, 5.74) is 2.71. The van der Waals surface area contributed by atoms with E-state index in [1.54, 1.807) is 24.1 Å². The van der Waals surface area contributed by atoms with Crippen LogP contribution in [0.4, 0.5) is 0 Å². The van der Waals surface area contributed by atoms with Crippen LogP contribution >= 0.6 is 23.2 Å². The molecule has 1 aliphatic heterocycles. The highest BCUT2D eigenvalue weighted by Gasteiger charge is 2.51. The minimum Gasteiger partial charge on any atom is -0.361 e. The molecule has 0 saturated carbocycles. The van der Waals surface area contributed by atoms with Gasteiger partial charge in [-0.1, -0.05) is 77.8 Å². The molecule has 2 unspecified atom stereocenters. The molecular formula is C29H27Cl2N3O2. The topological polar surface area (TPSA) is 65.2 Å². The number of likely N-dealkylation sites (tertiary alicyclic amines) is 1. The molecule has 0 spiro atoms. The van der Waals surface area contributed by atoms with Crippen LogP contribution in [0, 0.1) is 5.41 Å². The molecule has 2 N–H and O–H groups in total. The maximum absolute atomic E-state index is 13.8. The molecule has 5 rings (SSSR count). The molecule has 1 aromatic heterocycles. The lowest BCUT2D eigenvalue weighted by Crippen LogP contribution is -2.48. The molecule has 1 saturated heterocycles. The molecule has 2 atom stereocenters. The number of halogens is 2. The average Bonchev–Trinajstić information content (AvgIpc) is 3.43. The number of amides is 2. The molecule has 5 nitrogen and oxygen atoms in total. The number of para-hydroxylation sites is 1. The zero-order valence-corrected chi connectivity index (χ0v) is 21.4. The standard InChI is InChI=1S/C29H27Cl2N3O2/c1-34-14-13-29(28(34)36,16-19-7-3-2-4-8-19)27(35)33-18-23(21-12-11-20(30)15-25(21)31)24-17-32-26-10-6-5-9-22(24)26/h2-12,15,17,23,32H,13-14,16,18H2,1H3,(H,33,35). The summed E-state index contributed by atoms with van der Waals surface area (Å²) < 4.78 is 0. The Bertz CT molecular complexity index is 1420. The third kappa shape index (κ3) is 4.49. The predicted octanol–water partition coefficient (Wildman–Crippen LogP) is 5.81. The lowest BCUT2D eigenvalue weighted by atomic mass is 9.78. The summed E-state index contributed by atoms with van der Waals surface area (Å²) in [4.78, 5) is 32.1. The minimum absolute atomic E-state index is 0.142. The lowest BCUT2D eigenvalue weighted by molar-refractivity contribution is -0.144. The third-order valence-electron chi connectivity index (χ3n) is 7.21. The van der Waals surface area contributed by atoms with Crippen molar-refractivity contribution in [2.45, 2.75) is 18.8 Å². The summed E-state index contributed by atoms with van der Waals surface area (Å²) in [6, 6.07) is 23.2. The van der Waals surface area contributed by atoms with E-state index in [1.165, 1.54) is 0 Å². The second-order valence-corrected chi connectivity index (χ2v) is 10.3. The molecule has 36 heavy (non-hydrogen) atoms. The van der Waals surface area contributed by atoms with Crippen LogP contribution in [0.15, 0.2) is 79.0 Å². The highest BCUT2D eigenvalue weighted by atomic mass is 35.5. The van der Waals surface area contributed by atoms with Crippen molar-refractivity contribution in [3.05, 3.63) is 106 Å². The zero-order chi connectivity index (χ0) is 25.3. The van der Waals surface area contributed by atoms with Gasteiger partial charge in [-0.15, -0.1) is 0 Å². The van der Waals surface area contributed by atoms with Crippen molar-refractivity contribution in [1.82, 2.24) is 15.2 Å². The largest absolute Gasteiger partial charge is 0.361 e. The Morgan fingerprint density at radius 2 is 1.81 bits per heavy atom. The first-order chi connectivity index (χ1) is 17.4. The second-order valence-electron chi connectivity index (χ2n) is 9.44. The monoisotopic (exact) mass is 519 g/mol. The number of carbonyl (C=O) groups is 2. The molecule has 1 aliphatic rings. The van der Waals surface area contributed by atoms with Crippen molar-refractivity contribution in [2.24, 2.45) is 5.41 Å². The molecule has 0 aliphatic carbocycles. The van der Waals surface area contributed by atoms with E-state index in [4.69, 9.17) is 23.2 Å². The van der Waals surface area contributed by atoms with Crippen molar-refractivity contribution in [2.75, 3.05) is 20.1 Å². The van der Waals surface area contributed by atoms with Gasteiger partial charge in [-0.05, 0) is 47.7 Å². The van der Waals surface area contributed by atoms with E-state index in [-0.39, 0.29) is 24.3 Å². The SMILES string of the molecule is CN1CCC(Cc2ccccc2)(C(=O)NCC(c2ccc(Cl)cc2Cl)c2c[nH]c3ccccc23)C1=O. The number of fused-ring (bicyclic) bond motifs is 1. The molecule has 4 aromatic rings. The summed E-state index contributed by atoms with van der Waals surface area (Å²) in [7, 11) is 1.75. The van der Waals surface area contributed by atoms with Crippen LogP contribution in [0.25, 0.3) is 10.9 Å². The first-order valence-corrected chi connectivity index (χ1v) is 12.7. The molecule has 0 radical (unpaired) electrons. The van der Waals surface area contributed by atoms with Gasteiger partial charge in [0.05, 0.1) is 0 Å². The fraction of sp³-hybridized carbons (Fsp3) is 0.241. The van der Waals surface area contributed by atoms with Crippen LogP contribution in [0.5, 0.6) is 0 Å². The highest BCUT2D eigenvalue weighted by molar-refractivity contribution is 6.35. The number of nitrogens with one attached hydrogen (secondary N) is 2. The molecule has 184 valence electrons. The smallest absolute Gasteiger partial charge is 0.238 e. The second kappa shape index (κ2) is 10.00. The normalized spacial score (nSPS) is 18.5. The fourth-order valence-corrected chi connectivity index (χ4v) is 5.79. The summed E-state index contributed by atoms with van der Waals surface area (Å²) in [6.07, 6.45) is 2.80. The number of aromatic amines is 1. The number of hydrogen-bond acceptors (Lipinski definition) is 2.